The second kappa shape index (κ2) is 10.3. The highest BCUT2D eigenvalue weighted by Gasteiger charge is 2.36. The van der Waals surface area contributed by atoms with Gasteiger partial charge in [-0.1, -0.05) is 41.7 Å². The number of aromatic nitrogens is 1. The van der Waals surface area contributed by atoms with E-state index >= 15 is 0 Å². The number of carbonyl (C=O) groups is 1. The molecule has 1 atom stereocenters. The Kier molecular flexibility index (Phi) is 7.43. The van der Waals surface area contributed by atoms with Gasteiger partial charge in [-0.15, -0.1) is 0 Å². The summed E-state index contributed by atoms with van der Waals surface area (Å²) in [6.45, 7) is 2.04. The van der Waals surface area contributed by atoms with Gasteiger partial charge in [-0.2, -0.15) is 4.31 Å². The number of anilines is 1. The molecule has 9 heteroatoms. The lowest BCUT2D eigenvalue weighted by molar-refractivity contribution is -0.123. The Balaban J connectivity index is 1.57. The average Bonchev–Trinajstić information content (AvgIpc) is 3.26. The summed E-state index contributed by atoms with van der Waals surface area (Å²) in [5.41, 5.74) is 0.875. The van der Waals surface area contributed by atoms with Crippen molar-refractivity contribution in [2.45, 2.75) is 24.2 Å². The number of hydrogen-bond acceptors (Lipinski definition) is 6. The molecule has 1 amide bonds. The van der Waals surface area contributed by atoms with E-state index in [1.54, 1.807) is 35.2 Å². The van der Waals surface area contributed by atoms with Crippen molar-refractivity contribution in [1.82, 2.24) is 14.2 Å². The number of carbonyl (C=O) groups excluding carboxylic acids is 1. The van der Waals surface area contributed by atoms with Crippen LogP contribution in [-0.4, -0.2) is 68.8 Å². The maximum atomic E-state index is 13.7. The standard InChI is InChI=1S/C24H30N4O3S2/c1-26(2)15-9-17-28(24-25-21-13-6-7-14-22(21)32-24)23(29)19-10-8-16-27(18-19)33(30,31)20-11-4-3-5-12-20/h3-7,11-14,19H,8-10,15-18H2,1-2H3. The molecule has 0 bridgehead atoms. The molecule has 0 saturated carbocycles. The molecule has 0 N–H and O–H groups in total. The van der Waals surface area contributed by atoms with E-state index in [-0.39, 0.29) is 23.3 Å². The molecule has 1 aliphatic heterocycles. The van der Waals surface area contributed by atoms with Crippen LogP contribution in [0.25, 0.3) is 10.2 Å². The first-order chi connectivity index (χ1) is 15.9. The summed E-state index contributed by atoms with van der Waals surface area (Å²) in [4.78, 5) is 22.6. The zero-order chi connectivity index (χ0) is 23.4. The third kappa shape index (κ3) is 5.43. The monoisotopic (exact) mass is 486 g/mol. The molecule has 0 aliphatic carbocycles. The normalized spacial score (nSPS) is 17.5. The molecule has 1 aromatic heterocycles. The number of hydrogen-bond donors (Lipinski definition) is 0. The van der Waals surface area contributed by atoms with Crippen LogP contribution >= 0.6 is 11.3 Å². The Morgan fingerprint density at radius 3 is 2.55 bits per heavy atom. The van der Waals surface area contributed by atoms with Crippen LogP contribution in [0.5, 0.6) is 0 Å². The highest BCUT2D eigenvalue weighted by Crippen LogP contribution is 2.32. The van der Waals surface area contributed by atoms with Crippen LogP contribution in [0.3, 0.4) is 0 Å². The second-order valence-corrected chi connectivity index (χ2v) is 11.6. The highest BCUT2D eigenvalue weighted by molar-refractivity contribution is 7.89. The van der Waals surface area contributed by atoms with Crippen LogP contribution in [0.1, 0.15) is 19.3 Å². The van der Waals surface area contributed by atoms with Gasteiger partial charge in [0.25, 0.3) is 0 Å². The fourth-order valence-electron chi connectivity index (χ4n) is 4.14. The van der Waals surface area contributed by atoms with Gasteiger partial charge in [-0.3, -0.25) is 9.69 Å². The van der Waals surface area contributed by atoms with Crippen LogP contribution in [0.4, 0.5) is 5.13 Å². The molecule has 33 heavy (non-hydrogen) atoms. The van der Waals surface area contributed by atoms with Crippen molar-refractivity contribution in [1.29, 1.82) is 0 Å². The highest BCUT2D eigenvalue weighted by atomic mass is 32.2. The molecule has 2 heterocycles. The molecule has 1 fully saturated rings. The van der Waals surface area contributed by atoms with Gasteiger partial charge in [0.05, 0.1) is 21.0 Å². The molecule has 0 spiro atoms. The van der Waals surface area contributed by atoms with Crippen molar-refractivity contribution in [3.05, 3.63) is 54.6 Å². The minimum atomic E-state index is -3.62. The fourth-order valence-corrected chi connectivity index (χ4v) is 6.69. The van der Waals surface area contributed by atoms with Crippen LogP contribution in [0.2, 0.25) is 0 Å². The van der Waals surface area contributed by atoms with E-state index in [1.165, 1.54) is 15.6 Å². The quantitative estimate of drug-likeness (QED) is 0.486. The van der Waals surface area contributed by atoms with E-state index in [0.717, 1.165) is 23.2 Å². The Labute approximate surface area is 199 Å². The summed E-state index contributed by atoms with van der Waals surface area (Å²) >= 11 is 1.51. The number of para-hydroxylation sites is 1. The molecule has 176 valence electrons. The van der Waals surface area contributed by atoms with Crippen LogP contribution in [0, 0.1) is 5.92 Å². The predicted octanol–water partition coefficient (Wildman–Crippen LogP) is 3.68. The molecular formula is C24H30N4O3S2. The first-order valence-electron chi connectivity index (χ1n) is 11.2. The summed E-state index contributed by atoms with van der Waals surface area (Å²) in [6.07, 6.45) is 2.15. The second-order valence-electron chi connectivity index (χ2n) is 8.63. The number of nitrogens with zero attached hydrogens (tertiary/aromatic N) is 4. The fraction of sp³-hybridized carbons (Fsp3) is 0.417. The van der Waals surface area contributed by atoms with E-state index in [0.29, 0.717) is 31.1 Å². The van der Waals surface area contributed by atoms with Crippen molar-refractivity contribution in [3.63, 3.8) is 0 Å². The van der Waals surface area contributed by atoms with Crippen LogP contribution < -0.4 is 4.90 Å². The van der Waals surface area contributed by atoms with Crippen molar-refractivity contribution in [2.24, 2.45) is 5.92 Å². The molecule has 1 saturated heterocycles. The van der Waals surface area contributed by atoms with E-state index < -0.39 is 10.0 Å². The van der Waals surface area contributed by atoms with Crippen molar-refractivity contribution in [3.8, 4) is 0 Å². The first-order valence-corrected chi connectivity index (χ1v) is 13.5. The molecule has 0 radical (unpaired) electrons. The summed E-state index contributed by atoms with van der Waals surface area (Å²) in [5, 5.41) is 0.683. The van der Waals surface area contributed by atoms with Crippen LogP contribution in [-0.2, 0) is 14.8 Å². The first kappa shape index (κ1) is 23.8. The summed E-state index contributed by atoms with van der Waals surface area (Å²) in [7, 11) is 0.398. The molecule has 7 nitrogen and oxygen atoms in total. The smallest absolute Gasteiger partial charge is 0.243 e. The minimum absolute atomic E-state index is 0.0410. The predicted molar refractivity (Wildman–Crippen MR) is 133 cm³/mol. The average molecular weight is 487 g/mol. The Morgan fingerprint density at radius 1 is 1.09 bits per heavy atom. The van der Waals surface area contributed by atoms with Gasteiger partial charge in [0.1, 0.15) is 0 Å². The van der Waals surface area contributed by atoms with Crippen molar-refractivity contribution in [2.75, 3.05) is 45.2 Å². The zero-order valence-corrected chi connectivity index (χ0v) is 20.7. The minimum Gasteiger partial charge on any atom is -0.309 e. The van der Waals surface area contributed by atoms with Gasteiger partial charge in [0, 0.05) is 19.6 Å². The Hall–Kier alpha value is -2.33. The van der Waals surface area contributed by atoms with E-state index in [9.17, 15) is 13.2 Å². The number of rotatable bonds is 8. The van der Waals surface area contributed by atoms with Crippen molar-refractivity contribution >= 4 is 42.6 Å². The number of sulfonamides is 1. The van der Waals surface area contributed by atoms with Gasteiger partial charge < -0.3 is 4.90 Å². The summed E-state index contributed by atoms with van der Waals surface area (Å²) in [5.74, 6) is -0.427. The number of thiazole rings is 1. The SMILES string of the molecule is CN(C)CCCN(C(=O)C1CCCN(S(=O)(=O)c2ccccc2)C1)c1nc2ccccc2s1. The van der Waals surface area contributed by atoms with E-state index in [2.05, 4.69) is 4.90 Å². The largest absolute Gasteiger partial charge is 0.309 e. The summed E-state index contributed by atoms with van der Waals surface area (Å²) < 4.78 is 28.8. The van der Waals surface area contributed by atoms with E-state index in [1.807, 2.05) is 38.4 Å². The Bertz CT molecular complexity index is 1160. The molecule has 2 aromatic carbocycles. The van der Waals surface area contributed by atoms with Gasteiger partial charge >= 0.3 is 0 Å². The van der Waals surface area contributed by atoms with Gasteiger partial charge in [0.2, 0.25) is 15.9 Å². The summed E-state index contributed by atoms with van der Waals surface area (Å²) in [6, 6.07) is 16.3. The molecule has 3 aromatic rings. The lowest BCUT2D eigenvalue weighted by atomic mass is 9.98. The third-order valence-corrected chi connectivity index (χ3v) is 8.82. The molecular weight excluding hydrogens is 456 g/mol. The number of piperidine rings is 1. The van der Waals surface area contributed by atoms with Crippen LogP contribution in [0.15, 0.2) is 59.5 Å². The van der Waals surface area contributed by atoms with Gasteiger partial charge in [-0.25, -0.2) is 13.4 Å². The Morgan fingerprint density at radius 2 is 1.82 bits per heavy atom. The molecule has 1 aliphatic rings. The van der Waals surface area contributed by atoms with E-state index in [4.69, 9.17) is 4.98 Å². The third-order valence-electron chi connectivity index (χ3n) is 5.88. The van der Waals surface area contributed by atoms with Gasteiger partial charge in [0.15, 0.2) is 5.13 Å². The molecule has 1 unspecified atom stereocenters. The maximum absolute atomic E-state index is 13.7. The topological polar surface area (TPSA) is 73.8 Å². The number of amides is 1. The number of benzene rings is 2. The lowest BCUT2D eigenvalue weighted by Crippen LogP contribution is -2.47. The van der Waals surface area contributed by atoms with Crippen molar-refractivity contribution < 1.29 is 13.2 Å². The zero-order valence-electron chi connectivity index (χ0n) is 19.1. The lowest BCUT2D eigenvalue weighted by Gasteiger charge is -2.33. The molecule has 4 rings (SSSR count). The number of fused-ring (bicyclic) bond motifs is 1. The van der Waals surface area contributed by atoms with Gasteiger partial charge in [-0.05, 0) is 64.2 Å². The maximum Gasteiger partial charge on any atom is 0.243 e.